The van der Waals surface area contributed by atoms with Crippen LogP contribution in [0.4, 0.5) is 0 Å². The van der Waals surface area contributed by atoms with Gasteiger partial charge in [-0.25, -0.2) is 4.79 Å². The topological polar surface area (TPSA) is 85.2 Å². The Hall–Kier alpha value is -2.82. The van der Waals surface area contributed by atoms with E-state index in [2.05, 4.69) is 11.6 Å². The number of aromatic amines is 1. The lowest BCUT2D eigenvalue weighted by molar-refractivity contribution is -0.140. The Balaban J connectivity index is 2.93. The van der Waals surface area contributed by atoms with Gasteiger partial charge in [-0.15, -0.1) is 0 Å². The number of hydrogen-bond donors (Lipinski definition) is 2. The van der Waals surface area contributed by atoms with Gasteiger partial charge in [0.25, 0.3) is 5.56 Å². The van der Waals surface area contributed by atoms with Crippen LogP contribution in [-0.4, -0.2) is 17.1 Å². The highest BCUT2D eigenvalue weighted by Gasteiger charge is 2.24. The number of aromatic nitrogens is 1. The van der Waals surface area contributed by atoms with Gasteiger partial charge in [0.1, 0.15) is 0 Å². The van der Waals surface area contributed by atoms with E-state index in [1.54, 1.807) is 33.8 Å². The minimum atomic E-state index is -0.553. The minimum Gasteiger partial charge on any atom is -0.459 e. The van der Waals surface area contributed by atoms with Gasteiger partial charge in [-0.2, -0.15) is 0 Å². The zero-order valence-corrected chi connectivity index (χ0v) is 14.4. The summed E-state index contributed by atoms with van der Waals surface area (Å²) < 4.78 is 5.33. The average molecular weight is 326 g/mol. The van der Waals surface area contributed by atoms with Crippen molar-refractivity contribution < 1.29 is 9.53 Å². The van der Waals surface area contributed by atoms with Crippen molar-refractivity contribution in [3.63, 3.8) is 0 Å². The van der Waals surface area contributed by atoms with Gasteiger partial charge >= 0.3 is 5.97 Å². The molecule has 0 saturated heterocycles. The first-order valence-corrected chi connectivity index (χ1v) is 7.72. The van der Waals surface area contributed by atoms with Crippen LogP contribution in [0.15, 0.2) is 41.3 Å². The molecule has 1 aromatic heterocycles. The molecule has 0 aliphatic carbocycles. The summed E-state index contributed by atoms with van der Waals surface area (Å²) in [6, 6.07) is 7.26. The number of allylic oxidation sites excluding steroid dienone is 2. The smallest absolute Gasteiger partial charge is 0.340 e. The van der Waals surface area contributed by atoms with Crippen LogP contribution < -0.4 is 11.3 Å². The molecule has 0 aliphatic heterocycles. The van der Waals surface area contributed by atoms with Crippen LogP contribution in [0.1, 0.15) is 38.8 Å². The zero-order valence-electron chi connectivity index (χ0n) is 14.4. The predicted octanol–water partition coefficient (Wildman–Crippen LogP) is 3.20. The second-order valence-corrected chi connectivity index (χ2v) is 6.04. The Labute approximate surface area is 140 Å². The molecule has 24 heavy (non-hydrogen) atoms. The quantitative estimate of drug-likeness (QED) is 0.667. The third-order valence-corrected chi connectivity index (χ3v) is 3.54. The lowest BCUT2D eigenvalue weighted by Gasteiger charge is -2.17. The van der Waals surface area contributed by atoms with Crippen molar-refractivity contribution in [3.05, 3.63) is 58.0 Å². The number of nitrogens with one attached hydrogen (secondary N) is 1. The lowest BCUT2D eigenvalue weighted by Crippen LogP contribution is -2.21. The highest BCUT2D eigenvalue weighted by Crippen LogP contribution is 2.31. The Kier molecular flexibility index (Phi) is 4.93. The van der Waals surface area contributed by atoms with Crippen LogP contribution in [0, 0.1) is 0 Å². The van der Waals surface area contributed by atoms with Gasteiger partial charge in [-0.05, 0) is 39.3 Å². The van der Waals surface area contributed by atoms with Crippen molar-refractivity contribution in [2.24, 2.45) is 5.73 Å². The molecule has 1 aromatic carbocycles. The number of carbonyl (C=O) groups excluding carboxylic acids is 1. The average Bonchev–Trinajstić information content (AvgIpc) is 2.45. The molecule has 126 valence electrons. The molecule has 0 unspecified atom stereocenters. The number of rotatable bonds is 4. The van der Waals surface area contributed by atoms with Crippen molar-refractivity contribution in [1.29, 1.82) is 0 Å². The van der Waals surface area contributed by atoms with Gasteiger partial charge in [0.2, 0.25) is 0 Å². The van der Waals surface area contributed by atoms with Crippen molar-refractivity contribution in [3.8, 4) is 0 Å². The molecule has 0 saturated carbocycles. The molecule has 0 fully saturated rings. The van der Waals surface area contributed by atoms with Gasteiger partial charge in [0.05, 0.1) is 17.2 Å². The van der Waals surface area contributed by atoms with E-state index in [0.29, 0.717) is 27.9 Å². The number of fused-ring (bicyclic) bond motifs is 1. The number of H-pyrrole nitrogens is 1. The highest BCUT2D eigenvalue weighted by atomic mass is 16.5. The highest BCUT2D eigenvalue weighted by molar-refractivity contribution is 6.22. The van der Waals surface area contributed by atoms with Crippen LogP contribution in [0.2, 0.25) is 0 Å². The fourth-order valence-electron chi connectivity index (χ4n) is 2.64. The normalized spacial score (nSPS) is 12.2. The summed E-state index contributed by atoms with van der Waals surface area (Å²) in [4.78, 5) is 28.0. The van der Waals surface area contributed by atoms with Crippen LogP contribution in [-0.2, 0) is 9.53 Å². The lowest BCUT2D eigenvalue weighted by atomic mass is 9.92. The first kappa shape index (κ1) is 17.5. The Morgan fingerprint density at radius 3 is 2.38 bits per heavy atom. The van der Waals surface area contributed by atoms with E-state index >= 15 is 0 Å². The summed E-state index contributed by atoms with van der Waals surface area (Å²) in [5, 5.41) is 0.718. The molecule has 2 aromatic rings. The summed E-state index contributed by atoms with van der Waals surface area (Å²) >= 11 is 0. The fourth-order valence-corrected chi connectivity index (χ4v) is 2.64. The molecule has 0 amide bonds. The molecule has 1 heterocycles. The number of esters is 1. The predicted molar refractivity (Wildman–Crippen MR) is 97.3 cm³/mol. The number of pyridine rings is 1. The van der Waals surface area contributed by atoms with Crippen LogP contribution in [0.3, 0.4) is 0 Å². The number of para-hydroxylation sites is 1. The minimum absolute atomic E-state index is 0.198. The van der Waals surface area contributed by atoms with E-state index in [-0.39, 0.29) is 17.2 Å². The van der Waals surface area contributed by atoms with Gasteiger partial charge in [-0.1, -0.05) is 24.8 Å². The Morgan fingerprint density at radius 2 is 1.83 bits per heavy atom. The van der Waals surface area contributed by atoms with Crippen molar-refractivity contribution in [2.45, 2.75) is 33.8 Å². The molecule has 0 spiro atoms. The van der Waals surface area contributed by atoms with E-state index in [1.165, 1.54) is 0 Å². The van der Waals surface area contributed by atoms with Crippen LogP contribution >= 0.6 is 0 Å². The molecule has 3 N–H and O–H groups in total. The van der Waals surface area contributed by atoms with Crippen LogP contribution in [0.5, 0.6) is 0 Å². The van der Waals surface area contributed by atoms with Crippen molar-refractivity contribution in [2.75, 3.05) is 0 Å². The third-order valence-electron chi connectivity index (χ3n) is 3.54. The van der Waals surface area contributed by atoms with E-state index in [9.17, 15) is 9.59 Å². The van der Waals surface area contributed by atoms with Gasteiger partial charge < -0.3 is 15.5 Å². The molecule has 5 nitrogen and oxygen atoms in total. The van der Waals surface area contributed by atoms with E-state index < -0.39 is 5.97 Å². The third kappa shape index (κ3) is 3.25. The maximum atomic E-state index is 12.6. The monoisotopic (exact) mass is 326 g/mol. The number of ether oxygens (including phenoxy) is 1. The number of hydrogen-bond acceptors (Lipinski definition) is 4. The molecule has 0 bridgehead atoms. The Morgan fingerprint density at radius 1 is 1.21 bits per heavy atom. The number of nitrogens with two attached hydrogens (primary N) is 1. The first-order chi connectivity index (χ1) is 11.2. The molecule has 0 aliphatic rings. The second kappa shape index (κ2) is 6.74. The summed E-state index contributed by atoms with van der Waals surface area (Å²) in [7, 11) is 0. The van der Waals surface area contributed by atoms with Gasteiger partial charge in [0, 0.05) is 22.2 Å². The van der Waals surface area contributed by atoms with E-state index in [0.717, 1.165) is 5.39 Å². The van der Waals surface area contributed by atoms with E-state index in [1.807, 2.05) is 18.2 Å². The SMILES string of the molecule is C=C(C)c1c(/C(C(=O)OC(C)C)=C(/C)N)c2ccccc2[nH]c1=O. The number of carbonyl (C=O) groups is 1. The largest absolute Gasteiger partial charge is 0.459 e. The van der Waals surface area contributed by atoms with Gasteiger partial charge in [-0.3, -0.25) is 4.79 Å². The Bertz CT molecular complexity index is 900. The summed E-state index contributed by atoms with van der Waals surface area (Å²) in [5.41, 5.74) is 8.15. The molecule has 0 radical (unpaired) electrons. The van der Waals surface area contributed by atoms with E-state index in [4.69, 9.17) is 10.5 Å². The fraction of sp³-hybridized carbons (Fsp3) is 0.263. The zero-order chi connectivity index (χ0) is 18.0. The summed E-state index contributed by atoms with van der Waals surface area (Å²) in [6.07, 6.45) is -0.298. The maximum Gasteiger partial charge on any atom is 0.340 e. The van der Waals surface area contributed by atoms with Gasteiger partial charge in [0.15, 0.2) is 0 Å². The molecular weight excluding hydrogens is 304 g/mol. The van der Waals surface area contributed by atoms with Crippen molar-refractivity contribution in [1.82, 2.24) is 4.98 Å². The molecule has 5 heteroatoms. The molecular formula is C19H22N2O3. The summed E-state index contributed by atoms with van der Waals surface area (Å²) in [6.45, 7) is 10.7. The maximum absolute atomic E-state index is 12.6. The summed E-state index contributed by atoms with van der Waals surface area (Å²) in [5.74, 6) is -0.553. The second-order valence-electron chi connectivity index (χ2n) is 6.04. The number of benzene rings is 1. The molecule has 0 atom stereocenters. The van der Waals surface area contributed by atoms with Crippen LogP contribution in [0.25, 0.3) is 22.0 Å². The standard InChI is InChI=1S/C19H22N2O3/c1-10(2)15-17(16(12(5)20)19(23)24-11(3)4)13-8-6-7-9-14(13)21-18(15)22/h6-9,11H,1,20H2,2-5H3,(H,21,22)/b16-12+. The molecule has 2 rings (SSSR count). The first-order valence-electron chi connectivity index (χ1n) is 7.72. The van der Waals surface area contributed by atoms with Crippen molar-refractivity contribution >= 4 is 28.0 Å².